The van der Waals surface area contributed by atoms with Crippen molar-refractivity contribution in [3.63, 3.8) is 0 Å². The Balaban J connectivity index is 2.02. The maximum absolute atomic E-state index is 6.02. The van der Waals surface area contributed by atoms with Gasteiger partial charge in [-0.15, -0.1) is 0 Å². The van der Waals surface area contributed by atoms with E-state index in [9.17, 15) is 0 Å². The van der Waals surface area contributed by atoms with Crippen molar-refractivity contribution in [1.29, 1.82) is 0 Å². The van der Waals surface area contributed by atoms with Gasteiger partial charge in [-0.2, -0.15) is 0 Å². The van der Waals surface area contributed by atoms with Crippen molar-refractivity contribution in [1.82, 2.24) is 14.5 Å². The summed E-state index contributed by atoms with van der Waals surface area (Å²) < 4.78 is 2.25. The first-order valence-corrected chi connectivity index (χ1v) is 7.66. The van der Waals surface area contributed by atoms with Crippen molar-refractivity contribution >= 4 is 0 Å². The van der Waals surface area contributed by atoms with Crippen LogP contribution in [0.3, 0.4) is 0 Å². The first-order valence-electron chi connectivity index (χ1n) is 7.66. The highest BCUT2D eigenvalue weighted by Crippen LogP contribution is 2.28. The summed E-state index contributed by atoms with van der Waals surface area (Å²) in [6, 6.07) is 0.301. The number of nitrogens with two attached hydrogens (primary N) is 1. The highest BCUT2D eigenvalue weighted by atomic mass is 15.2. The largest absolute Gasteiger partial charge is 0.333 e. The highest BCUT2D eigenvalue weighted by molar-refractivity contribution is 5.06. The van der Waals surface area contributed by atoms with Gasteiger partial charge in [0.1, 0.15) is 0 Å². The molecule has 1 aliphatic carbocycles. The number of imidazole rings is 1. The molecule has 1 unspecified atom stereocenters. The molecule has 0 bridgehead atoms. The smallest absolute Gasteiger partial charge is 0.0948 e. The number of aromatic nitrogens is 2. The van der Waals surface area contributed by atoms with Gasteiger partial charge in [0.2, 0.25) is 0 Å². The molecule has 1 aliphatic rings. The molecule has 1 aromatic heterocycles. The average Bonchev–Trinajstić information content (AvgIpc) is 3.03. The fraction of sp³-hybridized carbons (Fsp3) is 0.800. The van der Waals surface area contributed by atoms with Crippen LogP contribution in [-0.2, 0) is 6.54 Å². The van der Waals surface area contributed by atoms with Gasteiger partial charge in [-0.3, -0.25) is 4.90 Å². The van der Waals surface area contributed by atoms with Gasteiger partial charge in [0.25, 0.3) is 0 Å². The van der Waals surface area contributed by atoms with E-state index in [-0.39, 0.29) is 0 Å². The predicted molar refractivity (Wildman–Crippen MR) is 78.9 cm³/mol. The van der Waals surface area contributed by atoms with Crippen molar-refractivity contribution in [3.05, 3.63) is 18.2 Å². The van der Waals surface area contributed by atoms with Gasteiger partial charge >= 0.3 is 0 Å². The van der Waals surface area contributed by atoms with E-state index < -0.39 is 0 Å². The first kappa shape index (κ1) is 14.5. The monoisotopic (exact) mass is 264 g/mol. The van der Waals surface area contributed by atoms with Crippen LogP contribution < -0.4 is 5.73 Å². The van der Waals surface area contributed by atoms with Crippen molar-refractivity contribution < 1.29 is 0 Å². The Hall–Kier alpha value is -0.870. The summed E-state index contributed by atoms with van der Waals surface area (Å²) in [4.78, 5) is 6.73. The Morgan fingerprint density at radius 3 is 2.84 bits per heavy atom. The molecule has 1 saturated carbocycles. The quantitative estimate of drug-likeness (QED) is 0.822. The second-order valence-electron chi connectivity index (χ2n) is 5.85. The SMILES string of the molecule is CCCn1cncc1C(CN)N(C)CC1CCCC1. The number of rotatable bonds is 7. The van der Waals surface area contributed by atoms with Crippen LogP contribution in [0.2, 0.25) is 0 Å². The molecular weight excluding hydrogens is 236 g/mol. The summed E-state index contributed by atoms with van der Waals surface area (Å²) in [6.45, 7) is 5.06. The Bertz CT molecular complexity index is 368. The zero-order valence-electron chi connectivity index (χ0n) is 12.4. The van der Waals surface area contributed by atoms with Crippen LogP contribution in [0.1, 0.15) is 50.8 Å². The molecular formula is C15H28N4. The van der Waals surface area contributed by atoms with E-state index in [1.165, 1.54) is 37.9 Å². The molecule has 1 heterocycles. The molecule has 0 amide bonds. The van der Waals surface area contributed by atoms with Crippen LogP contribution in [0, 0.1) is 5.92 Å². The van der Waals surface area contributed by atoms with Crippen LogP contribution in [0.5, 0.6) is 0 Å². The molecule has 0 aromatic carbocycles. The molecule has 1 aromatic rings. The minimum absolute atomic E-state index is 0.301. The highest BCUT2D eigenvalue weighted by Gasteiger charge is 2.23. The van der Waals surface area contributed by atoms with Gasteiger partial charge in [-0.25, -0.2) is 4.98 Å². The van der Waals surface area contributed by atoms with Crippen LogP contribution in [0.4, 0.5) is 0 Å². The van der Waals surface area contributed by atoms with Gasteiger partial charge in [-0.05, 0) is 32.2 Å². The molecule has 2 rings (SSSR count). The maximum atomic E-state index is 6.02. The van der Waals surface area contributed by atoms with Crippen molar-refractivity contribution in [2.24, 2.45) is 11.7 Å². The molecule has 0 saturated heterocycles. The van der Waals surface area contributed by atoms with Gasteiger partial charge in [-0.1, -0.05) is 19.8 Å². The topological polar surface area (TPSA) is 47.1 Å². The fourth-order valence-electron chi connectivity index (χ4n) is 3.29. The lowest BCUT2D eigenvalue weighted by molar-refractivity contribution is 0.205. The number of likely N-dealkylation sites (N-methyl/N-ethyl adjacent to an activating group) is 1. The second kappa shape index (κ2) is 7.06. The zero-order valence-corrected chi connectivity index (χ0v) is 12.4. The van der Waals surface area contributed by atoms with E-state index in [1.807, 2.05) is 12.5 Å². The Morgan fingerprint density at radius 1 is 1.47 bits per heavy atom. The molecule has 0 spiro atoms. The molecule has 0 aliphatic heterocycles. The number of aryl methyl sites for hydroxylation is 1. The lowest BCUT2D eigenvalue weighted by Crippen LogP contribution is -2.35. The van der Waals surface area contributed by atoms with E-state index in [1.54, 1.807) is 0 Å². The summed E-state index contributed by atoms with van der Waals surface area (Å²) in [6.07, 6.45) is 10.6. The van der Waals surface area contributed by atoms with Crippen molar-refractivity contribution in [2.75, 3.05) is 20.1 Å². The lowest BCUT2D eigenvalue weighted by atomic mass is 10.1. The summed E-state index contributed by atoms with van der Waals surface area (Å²) >= 11 is 0. The summed E-state index contributed by atoms with van der Waals surface area (Å²) in [5.74, 6) is 0.863. The summed E-state index contributed by atoms with van der Waals surface area (Å²) in [5, 5.41) is 0. The minimum atomic E-state index is 0.301. The number of nitrogens with zero attached hydrogens (tertiary/aromatic N) is 3. The van der Waals surface area contributed by atoms with E-state index in [4.69, 9.17) is 5.73 Å². The van der Waals surface area contributed by atoms with Crippen molar-refractivity contribution in [2.45, 2.75) is 51.6 Å². The van der Waals surface area contributed by atoms with Crippen LogP contribution in [-0.4, -0.2) is 34.6 Å². The summed E-state index contributed by atoms with van der Waals surface area (Å²) in [5.41, 5.74) is 7.29. The molecule has 19 heavy (non-hydrogen) atoms. The fourth-order valence-corrected chi connectivity index (χ4v) is 3.29. The van der Waals surface area contributed by atoms with E-state index in [0.29, 0.717) is 12.6 Å². The van der Waals surface area contributed by atoms with E-state index in [0.717, 1.165) is 18.9 Å². The maximum Gasteiger partial charge on any atom is 0.0948 e. The minimum Gasteiger partial charge on any atom is -0.333 e. The standard InChI is InChI=1S/C15H28N4/c1-3-8-19-12-17-10-15(19)14(9-16)18(2)11-13-6-4-5-7-13/h10,12-14H,3-9,11,16H2,1-2H3. The third kappa shape index (κ3) is 3.57. The van der Waals surface area contributed by atoms with Gasteiger partial charge in [0.15, 0.2) is 0 Å². The average molecular weight is 264 g/mol. The van der Waals surface area contributed by atoms with Crippen molar-refractivity contribution in [3.8, 4) is 0 Å². The van der Waals surface area contributed by atoms with Gasteiger partial charge in [0, 0.05) is 25.8 Å². The normalized spacial score (nSPS) is 18.3. The third-order valence-electron chi connectivity index (χ3n) is 4.33. The third-order valence-corrected chi connectivity index (χ3v) is 4.33. The molecule has 4 heteroatoms. The molecule has 108 valence electrons. The number of hydrogen-bond acceptors (Lipinski definition) is 3. The van der Waals surface area contributed by atoms with Gasteiger partial charge < -0.3 is 10.3 Å². The Morgan fingerprint density at radius 2 is 2.21 bits per heavy atom. The lowest BCUT2D eigenvalue weighted by Gasteiger charge is -2.29. The van der Waals surface area contributed by atoms with E-state index in [2.05, 4.69) is 28.4 Å². The molecule has 0 radical (unpaired) electrons. The zero-order chi connectivity index (χ0) is 13.7. The molecule has 1 fully saturated rings. The number of hydrogen-bond donors (Lipinski definition) is 1. The Kier molecular flexibility index (Phi) is 5.40. The van der Waals surface area contributed by atoms with Crippen LogP contribution >= 0.6 is 0 Å². The molecule has 4 nitrogen and oxygen atoms in total. The first-order chi connectivity index (χ1) is 9.26. The van der Waals surface area contributed by atoms with Gasteiger partial charge in [0.05, 0.1) is 18.1 Å². The van der Waals surface area contributed by atoms with E-state index >= 15 is 0 Å². The predicted octanol–water partition coefficient (Wildman–Crippen LogP) is 2.41. The second-order valence-corrected chi connectivity index (χ2v) is 5.85. The summed E-state index contributed by atoms with van der Waals surface area (Å²) in [7, 11) is 2.21. The Labute approximate surface area is 117 Å². The molecule has 2 N–H and O–H groups in total. The van der Waals surface area contributed by atoms with Crippen LogP contribution in [0.25, 0.3) is 0 Å². The molecule has 1 atom stereocenters. The van der Waals surface area contributed by atoms with Crippen LogP contribution in [0.15, 0.2) is 12.5 Å².